The molecule has 1 N–H and O–H groups in total. The molecule has 1 atom stereocenters. The van der Waals surface area contributed by atoms with Crippen molar-refractivity contribution in [1.29, 1.82) is 0 Å². The third kappa shape index (κ3) is 3.02. The van der Waals surface area contributed by atoms with Gasteiger partial charge < -0.3 is 5.11 Å². The van der Waals surface area contributed by atoms with Crippen LogP contribution < -0.4 is 0 Å². The second kappa shape index (κ2) is 5.21. The van der Waals surface area contributed by atoms with Gasteiger partial charge in [-0.2, -0.15) is 0 Å². The smallest absolute Gasteiger partial charge is 0.137 e. The second-order valence-corrected chi connectivity index (χ2v) is 4.75. The topological polar surface area (TPSA) is 20.2 Å². The minimum Gasteiger partial charge on any atom is -0.386 e. The van der Waals surface area contributed by atoms with Gasteiger partial charge in [0.1, 0.15) is 16.8 Å². The molecule has 0 fully saturated rings. The van der Waals surface area contributed by atoms with Crippen LogP contribution in [0.2, 0.25) is 0 Å². The highest BCUT2D eigenvalue weighted by Crippen LogP contribution is 2.27. The summed E-state index contributed by atoms with van der Waals surface area (Å²) in [5.74, 6) is -0.403. The van der Waals surface area contributed by atoms with Crippen LogP contribution in [0.4, 0.5) is 4.39 Å². The van der Waals surface area contributed by atoms with Crippen LogP contribution in [-0.4, -0.2) is 16.2 Å². The van der Waals surface area contributed by atoms with Gasteiger partial charge in [0.2, 0.25) is 0 Å². The number of thioether (sulfide) groups is 1. The average molecular weight is 255 g/mol. The fourth-order valence-corrected chi connectivity index (χ4v) is 1.79. The molecule has 14 heavy (non-hydrogen) atoms. The highest BCUT2D eigenvalue weighted by atomic mass is 35.5. The van der Waals surface area contributed by atoms with E-state index in [0.717, 1.165) is 4.90 Å². The van der Waals surface area contributed by atoms with Gasteiger partial charge in [0.05, 0.1) is 0 Å². The fourth-order valence-electron chi connectivity index (χ4n) is 1.02. The molecule has 0 amide bonds. The van der Waals surface area contributed by atoms with Crippen LogP contribution in [0.15, 0.2) is 23.1 Å². The molecule has 1 rings (SSSR count). The number of aliphatic hydroxyl groups is 1. The minimum atomic E-state index is -1.06. The first kappa shape index (κ1) is 12.1. The Hall–Kier alpha value is 0.0400. The number of halogens is 3. The Bertz CT molecular complexity index is 320. The van der Waals surface area contributed by atoms with Crippen molar-refractivity contribution in [2.24, 2.45) is 0 Å². The molecule has 1 aromatic carbocycles. The van der Waals surface area contributed by atoms with Crippen molar-refractivity contribution in [3.63, 3.8) is 0 Å². The zero-order chi connectivity index (χ0) is 10.7. The van der Waals surface area contributed by atoms with E-state index in [1.807, 2.05) is 6.26 Å². The molecule has 1 unspecified atom stereocenters. The summed E-state index contributed by atoms with van der Waals surface area (Å²) in [6.07, 6.45) is 0.768. The molecule has 0 saturated heterocycles. The van der Waals surface area contributed by atoms with E-state index in [9.17, 15) is 9.50 Å². The molecule has 0 spiro atoms. The van der Waals surface area contributed by atoms with E-state index in [1.54, 1.807) is 6.07 Å². The normalized spacial score (nSPS) is 13.3. The lowest BCUT2D eigenvalue weighted by molar-refractivity contribution is 0.192. The van der Waals surface area contributed by atoms with Gasteiger partial charge in [0.25, 0.3) is 0 Å². The Kier molecular flexibility index (Phi) is 4.51. The number of benzene rings is 1. The van der Waals surface area contributed by atoms with Gasteiger partial charge in [-0.1, -0.05) is 0 Å². The number of hydrogen-bond donors (Lipinski definition) is 1. The lowest BCUT2D eigenvalue weighted by atomic mass is 10.1. The first-order chi connectivity index (χ1) is 6.54. The monoisotopic (exact) mass is 254 g/mol. The Morgan fingerprint density at radius 2 is 2.00 bits per heavy atom. The number of rotatable bonds is 3. The molecule has 0 bridgehead atoms. The maximum Gasteiger partial charge on any atom is 0.137 e. The number of alkyl halides is 2. The van der Waals surface area contributed by atoms with Gasteiger partial charge in [0, 0.05) is 4.90 Å². The molecule has 0 aliphatic rings. The lowest BCUT2D eigenvalue weighted by Crippen LogP contribution is -2.06. The summed E-state index contributed by atoms with van der Waals surface area (Å²) in [4.78, 5) is -0.223. The summed E-state index contributed by atoms with van der Waals surface area (Å²) < 4.78 is 13.0. The Balaban J connectivity index is 3.02. The maximum absolute atomic E-state index is 13.0. The summed E-state index contributed by atoms with van der Waals surface area (Å²) in [6, 6.07) is 4.27. The van der Waals surface area contributed by atoms with Crippen molar-refractivity contribution in [3.8, 4) is 0 Å². The van der Waals surface area contributed by atoms with Crippen molar-refractivity contribution >= 4 is 35.0 Å². The zero-order valence-electron chi connectivity index (χ0n) is 7.38. The van der Waals surface area contributed by atoms with Crippen molar-refractivity contribution in [3.05, 3.63) is 29.6 Å². The third-order valence-electron chi connectivity index (χ3n) is 1.71. The van der Waals surface area contributed by atoms with Gasteiger partial charge in [-0.25, -0.2) is 4.39 Å². The van der Waals surface area contributed by atoms with Gasteiger partial charge in [-0.15, -0.1) is 35.0 Å². The van der Waals surface area contributed by atoms with E-state index in [1.165, 1.54) is 23.9 Å². The average Bonchev–Trinajstić information content (AvgIpc) is 2.15. The Morgan fingerprint density at radius 1 is 1.36 bits per heavy atom. The third-order valence-corrected chi connectivity index (χ3v) is 2.89. The molecule has 0 aromatic heterocycles. The second-order valence-electron chi connectivity index (χ2n) is 2.70. The predicted octanol–water partition coefficient (Wildman–Crippen LogP) is 3.38. The van der Waals surface area contributed by atoms with Crippen LogP contribution in [0.1, 0.15) is 11.7 Å². The first-order valence-electron chi connectivity index (χ1n) is 3.85. The molecular weight excluding hydrogens is 246 g/mol. The molecular formula is C9H9Cl2FOS. The van der Waals surface area contributed by atoms with Gasteiger partial charge in [-0.05, 0) is 30.0 Å². The Labute approximate surface area is 96.2 Å². The minimum absolute atomic E-state index is 0.393. The molecule has 1 nitrogen and oxygen atoms in total. The van der Waals surface area contributed by atoms with E-state index < -0.39 is 16.8 Å². The van der Waals surface area contributed by atoms with Crippen LogP contribution in [0.3, 0.4) is 0 Å². The van der Waals surface area contributed by atoms with Crippen LogP contribution in [0.25, 0.3) is 0 Å². The molecule has 1 aromatic rings. The molecule has 0 aliphatic heterocycles. The molecule has 5 heteroatoms. The van der Waals surface area contributed by atoms with Crippen molar-refractivity contribution in [2.45, 2.75) is 15.8 Å². The highest BCUT2D eigenvalue weighted by molar-refractivity contribution is 7.98. The predicted molar refractivity (Wildman–Crippen MR) is 58.6 cm³/mol. The molecule has 0 heterocycles. The highest BCUT2D eigenvalue weighted by Gasteiger charge is 2.16. The van der Waals surface area contributed by atoms with E-state index in [4.69, 9.17) is 23.2 Å². The van der Waals surface area contributed by atoms with Gasteiger partial charge in [-0.3, -0.25) is 0 Å². The van der Waals surface area contributed by atoms with Crippen LogP contribution in [0, 0.1) is 5.82 Å². The van der Waals surface area contributed by atoms with Gasteiger partial charge in [0.15, 0.2) is 0 Å². The fraction of sp³-hybridized carbons (Fsp3) is 0.333. The van der Waals surface area contributed by atoms with Crippen LogP contribution in [0.5, 0.6) is 0 Å². The van der Waals surface area contributed by atoms with Crippen LogP contribution in [-0.2, 0) is 0 Å². The quantitative estimate of drug-likeness (QED) is 0.660. The van der Waals surface area contributed by atoms with Gasteiger partial charge >= 0.3 is 0 Å². The maximum atomic E-state index is 13.0. The first-order valence-corrected chi connectivity index (χ1v) is 5.95. The van der Waals surface area contributed by atoms with E-state index in [0.29, 0.717) is 5.56 Å². The van der Waals surface area contributed by atoms with Crippen LogP contribution >= 0.6 is 35.0 Å². The summed E-state index contributed by atoms with van der Waals surface area (Å²) in [7, 11) is 0. The van der Waals surface area contributed by atoms with E-state index in [-0.39, 0.29) is 0 Å². The van der Waals surface area contributed by atoms with E-state index >= 15 is 0 Å². The van der Waals surface area contributed by atoms with Crippen molar-refractivity contribution in [2.75, 3.05) is 6.26 Å². The molecule has 0 aliphatic carbocycles. The number of hydrogen-bond acceptors (Lipinski definition) is 2. The standard InChI is InChI=1S/C9H9Cl2FOS/c1-14-7-3-5(2-6(12)4-7)8(13)9(10)11/h2-4,8-9,13H,1H3. The summed E-state index contributed by atoms with van der Waals surface area (Å²) >= 11 is 12.4. The summed E-state index contributed by atoms with van der Waals surface area (Å²) in [5.41, 5.74) is 0.393. The molecule has 78 valence electrons. The number of aliphatic hydroxyl groups excluding tert-OH is 1. The molecule has 0 radical (unpaired) electrons. The largest absolute Gasteiger partial charge is 0.386 e. The lowest BCUT2D eigenvalue weighted by Gasteiger charge is -2.12. The SMILES string of the molecule is CSc1cc(F)cc(C(O)C(Cl)Cl)c1. The van der Waals surface area contributed by atoms with Crippen molar-refractivity contribution < 1.29 is 9.50 Å². The summed E-state index contributed by atoms with van der Waals surface area (Å²) in [6.45, 7) is 0. The summed E-state index contributed by atoms with van der Waals surface area (Å²) in [5, 5.41) is 9.50. The molecule has 0 saturated carbocycles. The van der Waals surface area contributed by atoms with Crippen molar-refractivity contribution in [1.82, 2.24) is 0 Å². The zero-order valence-corrected chi connectivity index (χ0v) is 9.70. The Morgan fingerprint density at radius 3 is 2.50 bits per heavy atom. The van der Waals surface area contributed by atoms with E-state index in [2.05, 4.69) is 0 Å².